The smallest absolute Gasteiger partial charge is 0.328 e. The van der Waals surface area contributed by atoms with Gasteiger partial charge in [-0.2, -0.15) is 0 Å². The van der Waals surface area contributed by atoms with Crippen molar-refractivity contribution in [3.63, 3.8) is 0 Å². The fourth-order valence-corrected chi connectivity index (χ4v) is 1.59. The lowest BCUT2D eigenvalue weighted by atomic mass is 10.2. The number of benzene rings is 1. The minimum atomic E-state index is -1.37. The predicted molar refractivity (Wildman–Crippen MR) is 62.4 cm³/mol. The van der Waals surface area contributed by atoms with Gasteiger partial charge in [-0.15, -0.1) is 0 Å². The highest BCUT2D eigenvalue weighted by Crippen LogP contribution is 2.20. The number of halogens is 2. The van der Waals surface area contributed by atoms with Gasteiger partial charge in [-0.1, -0.05) is 23.2 Å². The molecule has 0 aromatic heterocycles. The Balaban J connectivity index is 2.86. The van der Waals surface area contributed by atoms with Crippen LogP contribution in [0.25, 0.3) is 0 Å². The van der Waals surface area contributed by atoms with Gasteiger partial charge >= 0.3 is 5.97 Å². The molecule has 0 spiro atoms. The number of carboxylic acid groups (broad SMARTS) is 1. The second-order valence-corrected chi connectivity index (χ2v) is 4.01. The van der Waals surface area contributed by atoms with E-state index in [0.717, 1.165) is 0 Å². The Kier molecular flexibility index (Phi) is 4.74. The maximum atomic E-state index is 11.6. The molecule has 0 fully saturated rings. The van der Waals surface area contributed by atoms with Crippen LogP contribution in [0.3, 0.4) is 0 Å². The van der Waals surface area contributed by atoms with E-state index in [2.05, 4.69) is 5.32 Å². The lowest BCUT2D eigenvalue weighted by molar-refractivity contribution is -0.140. The minimum Gasteiger partial charge on any atom is -0.480 e. The van der Waals surface area contributed by atoms with Gasteiger partial charge in [0, 0.05) is 5.02 Å². The first-order valence-corrected chi connectivity index (χ1v) is 5.31. The number of hydrogen-bond donors (Lipinski definition) is 3. The molecule has 0 aliphatic carbocycles. The summed E-state index contributed by atoms with van der Waals surface area (Å²) in [5.41, 5.74) is 0.0933. The Morgan fingerprint density at radius 1 is 1.35 bits per heavy atom. The van der Waals surface area contributed by atoms with Gasteiger partial charge in [-0.3, -0.25) is 4.79 Å². The second-order valence-electron chi connectivity index (χ2n) is 3.17. The molecule has 0 radical (unpaired) electrons. The molecular weight excluding hydrogens is 269 g/mol. The van der Waals surface area contributed by atoms with Gasteiger partial charge in [0.15, 0.2) is 6.04 Å². The van der Waals surface area contributed by atoms with Crippen LogP contribution in [0.15, 0.2) is 18.2 Å². The number of aliphatic hydroxyl groups excluding tert-OH is 1. The number of rotatable bonds is 4. The fraction of sp³-hybridized carbons (Fsp3) is 0.200. The molecule has 1 atom stereocenters. The van der Waals surface area contributed by atoms with E-state index in [4.69, 9.17) is 33.4 Å². The average molecular weight is 278 g/mol. The summed E-state index contributed by atoms with van der Waals surface area (Å²) in [6.45, 7) is -0.702. The molecule has 1 aromatic carbocycles. The number of amides is 1. The monoisotopic (exact) mass is 277 g/mol. The van der Waals surface area contributed by atoms with Crippen molar-refractivity contribution in [2.75, 3.05) is 6.61 Å². The number of aliphatic hydroxyl groups is 1. The number of carbonyl (C=O) groups is 2. The van der Waals surface area contributed by atoms with E-state index in [1.165, 1.54) is 18.2 Å². The number of hydrogen-bond acceptors (Lipinski definition) is 3. The molecular formula is C10H9Cl2NO4. The summed E-state index contributed by atoms with van der Waals surface area (Å²) in [5.74, 6) is -2.01. The Hall–Kier alpha value is -1.30. The molecule has 3 N–H and O–H groups in total. The molecule has 1 rings (SSSR count). The van der Waals surface area contributed by atoms with E-state index in [9.17, 15) is 9.59 Å². The van der Waals surface area contributed by atoms with Gasteiger partial charge in [0.05, 0.1) is 17.2 Å². The summed E-state index contributed by atoms with van der Waals surface area (Å²) in [6.07, 6.45) is 0. The first kappa shape index (κ1) is 13.8. The van der Waals surface area contributed by atoms with Crippen LogP contribution in [-0.4, -0.2) is 34.7 Å². The van der Waals surface area contributed by atoms with Crippen molar-refractivity contribution in [3.8, 4) is 0 Å². The number of carboxylic acids is 1. The predicted octanol–water partition coefficient (Wildman–Crippen LogP) is 1.17. The normalized spacial score (nSPS) is 11.9. The summed E-state index contributed by atoms with van der Waals surface area (Å²) in [4.78, 5) is 22.2. The largest absolute Gasteiger partial charge is 0.480 e. The molecule has 0 aliphatic heterocycles. The van der Waals surface area contributed by atoms with Gasteiger partial charge in [0.25, 0.3) is 5.91 Å². The zero-order chi connectivity index (χ0) is 13.0. The Morgan fingerprint density at radius 2 is 2.00 bits per heavy atom. The van der Waals surface area contributed by atoms with Gasteiger partial charge in [-0.25, -0.2) is 4.79 Å². The zero-order valence-electron chi connectivity index (χ0n) is 8.48. The molecule has 0 aliphatic rings. The topological polar surface area (TPSA) is 86.6 Å². The highest BCUT2D eigenvalue weighted by atomic mass is 35.5. The standard InChI is InChI=1S/C10H9Cl2NO4/c11-5-1-2-6(7(12)3-5)9(15)13-8(4-14)10(16)17/h1-3,8,14H,4H2,(H,13,15)(H,16,17)/t8-/m0/s1. The highest BCUT2D eigenvalue weighted by molar-refractivity contribution is 6.36. The van der Waals surface area contributed by atoms with E-state index in [1.807, 2.05) is 0 Å². The highest BCUT2D eigenvalue weighted by Gasteiger charge is 2.20. The molecule has 7 heteroatoms. The summed E-state index contributed by atoms with van der Waals surface area (Å²) < 4.78 is 0. The molecule has 92 valence electrons. The van der Waals surface area contributed by atoms with Gasteiger partial charge in [0.1, 0.15) is 0 Å². The SMILES string of the molecule is O=C(N[C@@H](CO)C(=O)O)c1ccc(Cl)cc1Cl. The van der Waals surface area contributed by atoms with Crippen molar-refractivity contribution in [1.82, 2.24) is 5.32 Å². The molecule has 0 bridgehead atoms. The molecule has 5 nitrogen and oxygen atoms in total. The third-order valence-electron chi connectivity index (χ3n) is 1.96. The van der Waals surface area contributed by atoms with Crippen LogP contribution in [0.4, 0.5) is 0 Å². The third kappa shape index (κ3) is 3.59. The number of nitrogens with one attached hydrogen (secondary N) is 1. The van der Waals surface area contributed by atoms with E-state index in [-0.39, 0.29) is 10.6 Å². The molecule has 0 saturated heterocycles. The Morgan fingerprint density at radius 3 is 2.47 bits per heavy atom. The van der Waals surface area contributed by atoms with Crippen LogP contribution in [0.5, 0.6) is 0 Å². The van der Waals surface area contributed by atoms with Crippen LogP contribution < -0.4 is 5.32 Å². The van der Waals surface area contributed by atoms with Crippen molar-refractivity contribution in [2.45, 2.75) is 6.04 Å². The second kappa shape index (κ2) is 5.86. The van der Waals surface area contributed by atoms with Crippen molar-refractivity contribution in [2.24, 2.45) is 0 Å². The van der Waals surface area contributed by atoms with E-state index in [1.54, 1.807) is 0 Å². The van der Waals surface area contributed by atoms with Crippen molar-refractivity contribution in [3.05, 3.63) is 33.8 Å². The zero-order valence-corrected chi connectivity index (χ0v) is 10.00. The van der Waals surface area contributed by atoms with Crippen LogP contribution in [-0.2, 0) is 4.79 Å². The minimum absolute atomic E-state index is 0.0933. The quantitative estimate of drug-likeness (QED) is 0.771. The maximum Gasteiger partial charge on any atom is 0.328 e. The van der Waals surface area contributed by atoms with Crippen molar-refractivity contribution in [1.29, 1.82) is 0 Å². The first-order valence-electron chi connectivity index (χ1n) is 4.55. The Labute approximate surface area is 107 Å². The van der Waals surface area contributed by atoms with Gasteiger partial charge < -0.3 is 15.5 Å². The van der Waals surface area contributed by atoms with E-state index >= 15 is 0 Å². The van der Waals surface area contributed by atoms with Gasteiger partial charge in [-0.05, 0) is 18.2 Å². The molecule has 0 unspecified atom stereocenters. The summed E-state index contributed by atoms with van der Waals surface area (Å²) in [5, 5.41) is 20.0. The maximum absolute atomic E-state index is 11.6. The number of aliphatic carboxylic acids is 1. The molecule has 0 saturated carbocycles. The average Bonchev–Trinajstić information content (AvgIpc) is 2.24. The third-order valence-corrected chi connectivity index (χ3v) is 2.51. The summed E-state index contributed by atoms with van der Waals surface area (Å²) in [6, 6.07) is 2.83. The summed E-state index contributed by atoms with van der Waals surface area (Å²) >= 11 is 11.4. The fourth-order valence-electron chi connectivity index (χ4n) is 1.10. The van der Waals surface area contributed by atoms with Crippen LogP contribution in [0.2, 0.25) is 10.0 Å². The van der Waals surface area contributed by atoms with Crippen LogP contribution in [0.1, 0.15) is 10.4 Å². The van der Waals surface area contributed by atoms with E-state index < -0.39 is 24.5 Å². The first-order chi connectivity index (χ1) is 7.95. The van der Waals surface area contributed by atoms with E-state index in [0.29, 0.717) is 5.02 Å². The van der Waals surface area contributed by atoms with Crippen molar-refractivity contribution < 1.29 is 19.8 Å². The molecule has 17 heavy (non-hydrogen) atoms. The molecule has 1 aromatic rings. The molecule has 1 amide bonds. The van der Waals surface area contributed by atoms with Gasteiger partial charge in [0.2, 0.25) is 0 Å². The van der Waals surface area contributed by atoms with Crippen LogP contribution in [0, 0.1) is 0 Å². The lowest BCUT2D eigenvalue weighted by Crippen LogP contribution is -2.43. The summed E-state index contributed by atoms with van der Waals surface area (Å²) in [7, 11) is 0. The number of carbonyl (C=O) groups excluding carboxylic acids is 1. The molecule has 0 heterocycles. The van der Waals surface area contributed by atoms with Crippen LogP contribution >= 0.6 is 23.2 Å². The lowest BCUT2D eigenvalue weighted by Gasteiger charge is -2.12. The Bertz CT molecular complexity index is 450. The van der Waals surface area contributed by atoms with Crippen molar-refractivity contribution >= 4 is 35.1 Å².